The van der Waals surface area contributed by atoms with E-state index >= 15 is 0 Å². The first-order valence-electron chi connectivity index (χ1n) is 5.09. The zero-order chi connectivity index (χ0) is 11.8. The van der Waals surface area contributed by atoms with Gasteiger partial charge in [-0.3, -0.25) is 0 Å². The van der Waals surface area contributed by atoms with Gasteiger partial charge < -0.3 is 20.5 Å². The molecule has 1 rings (SSSR count). The molecule has 3 N–H and O–H groups in total. The van der Waals surface area contributed by atoms with Crippen LogP contribution in [0.1, 0.15) is 0 Å². The first-order chi connectivity index (χ1) is 7.74. The van der Waals surface area contributed by atoms with E-state index in [1.807, 2.05) is 18.2 Å². The number of hydrogen-bond donors (Lipinski definition) is 2. The first kappa shape index (κ1) is 13.3. The lowest BCUT2D eigenvalue weighted by atomic mass is 10.3. The molecule has 0 spiro atoms. The monoisotopic (exact) mass is 288 g/mol. The molecule has 0 aliphatic carbocycles. The number of methoxy groups -OCH3 is 1. The average molecular weight is 289 g/mol. The molecule has 1 aromatic carbocycles. The van der Waals surface area contributed by atoms with Crippen LogP contribution in [0.5, 0.6) is 0 Å². The summed E-state index contributed by atoms with van der Waals surface area (Å²) in [5, 5.41) is 3.21. The fourth-order valence-corrected chi connectivity index (χ4v) is 1.58. The van der Waals surface area contributed by atoms with Crippen LogP contribution in [-0.2, 0) is 9.47 Å². The maximum absolute atomic E-state index is 5.83. The third-order valence-corrected chi connectivity index (χ3v) is 2.50. The molecule has 0 heterocycles. The van der Waals surface area contributed by atoms with Crippen molar-refractivity contribution in [2.45, 2.75) is 0 Å². The molecule has 5 heteroatoms. The van der Waals surface area contributed by atoms with Crippen LogP contribution in [0, 0.1) is 0 Å². The highest BCUT2D eigenvalue weighted by Gasteiger charge is 1.98. The lowest BCUT2D eigenvalue weighted by Gasteiger charge is -2.09. The van der Waals surface area contributed by atoms with Gasteiger partial charge in [-0.1, -0.05) is 15.9 Å². The van der Waals surface area contributed by atoms with Crippen LogP contribution in [0.25, 0.3) is 0 Å². The van der Waals surface area contributed by atoms with Gasteiger partial charge in [0.05, 0.1) is 31.2 Å². The molecule has 0 aromatic heterocycles. The Balaban J connectivity index is 2.21. The van der Waals surface area contributed by atoms with E-state index < -0.39 is 0 Å². The minimum atomic E-state index is 0.619. The Labute approximate surface area is 104 Å². The van der Waals surface area contributed by atoms with E-state index in [1.54, 1.807) is 7.11 Å². The molecule has 0 radical (unpaired) electrons. The number of nitrogen functional groups attached to an aromatic ring is 1. The predicted molar refractivity (Wildman–Crippen MR) is 69.7 cm³/mol. The molecule has 0 atom stereocenters. The second-order valence-electron chi connectivity index (χ2n) is 3.26. The Morgan fingerprint density at radius 1 is 1.31 bits per heavy atom. The molecule has 16 heavy (non-hydrogen) atoms. The van der Waals surface area contributed by atoms with Crippen LogP contribution < -0.4 is 11.1 Å². The number of benzene rings is 1. The van der Waals surface area contributed by atoms with Gasteiger partial charge in [0.2, 0.25) is 0 Å². The highest BCUT2D eigenvalue weighted by atomic mass is 79.9. The first-order valence-corrected chi connectivity index (χ1v) is 5.89. The number of nitrogens with two attached hydrogens (primary N) is 1. The molecule has 4 nitrogen and oxygen atoms in total. The van der Waals surface area contributed by atoms with Crippen LogP contribution in [0.15, 0.2) is 22.7 Å². The molecule has 0 saturated heterocycles. The van der Waals surface area contributed by atoms with E-state index in [-0.39, 0.29) is 0 Å². The van der Waals surface area contributed by atoms with Crippen molar-refractivity contribution in [3.63, 3.8) is 0 Å². The number of halogens is 1. The van der Waals surface area contributed by atoms with Crippen molar-refractivity contribution < 1.29 is 9.47 Å². The predicted octanol–water partition coefficient (Wildman–Crippen LogP) is 2.11. The average Bonchev–Trinajstić information content (AvgIpc) is 2.26. The lowest BCUT2D eigenvalue weighted by molar-refractivity contribution is 0.0759. The summed E-state index contributed by atoms with van der Waals surface area (Å²) in [6.45, 7) is 2.61. The summed E-state index contributed by atoms with van der Waals surface area (Å²) >= 11 is 3.36. The van der Waals surface area contributed by atoms with Crippen molar-refractivity contribution in [2.24, 2.45) is 0 Å². The van der Waals surface area contributed by atoms with Gasteiger partial charge in [-0.2, -0.15) is 0 Å². The SMILES string of the molecule is COCCOCCNc1ccc(Br)cc1N. The summed E-state index contributed by atoms with van der Waals surface area (Å²) in [5.41, 5.74) is 7.49. The van der Waals surface area contributed by atoms with Crippen molar-refractivity contribution in [3.8, 4) is 0 Å². The number of hydrogen-bond acceptors (Lipinski definition) is 4. The van der Waals surface area contributed by atoms with E-state index in [1.165, 1.54) is 0 Å². The number of rotatable bonds is 7. The highest BCUT2D eigenvalue weighted by Crippen LogP contribution is 2.22. The van der Waals surface area contributed by atoms with Gasteiger partial charge in [0, 0.05) is 18.1 Å². The van der Waals surface area contributed by atoms with Crippen LogP contribution >= 0.6 is 15.9 Å². The summed E-state index contributed by atoms with van der Waals surface area (Å²) in [4.78, 5) is 0. The molecule has 0 amide bonds. The molecule has 0 fully saturated rings. The summed E-state index contributed by atoms with van der Waals surface area (Å²) in [6.07, 6.45) is 0. The molecule has 0 bridgehead atoms. The smallest absolute Gasteiger partial charge is 0.0701 e. The van der Waals surface area contributed by atoms with E-state index in [9.17, 15) is 0 Å². The van der Waals surface area contributed by atoms with Crippen LogP contribution in [0.4, 0.5) is 11.4 Å². The second-order valence-corrected chi connectivity index (χ2v) is 4.18. The van der Waals surface area contributed by atoms with Crippen molar-refractivity contribution in [2.75, 3.05) is 44.5 Å². The Hall–Kier alpha value is -0.780. The summed E-state index contributed by atoms with van der Waals surface area (Å²) < 4.78 is 11.2. The minimum absolute atomic E-state index is 0.619. The zero-order valence-electron chi connectivity index (χ0n) is 9.33. The standard InChI is InChI=1S/C11H17BrN2O2/c1-15-6-7-16-5-4-14-11-3-2-9(12)8-10(11)13/h2-3,8,14H,4-7,13H2,1H3. The Morgan fingerprint density at radius 2 is 2.12 bits per heavy atom. The molecule has 0 saturated carbocycles. The largest absolute Gasteiger partial charge is 0.397 e. The van der Waals surface area contributed by atoms with E-state index in [4.69, 9.17) is 15.2 Å². The Kier molecular flexibility index (Phi) is 6.22. The molecular weight excluding hydrogens is 272 g/mol. The summed E-state index contributed by atoms with van der Waals surface area (Å²) in [6, 6.07) is 5.76. The minimum Gasteiger partial charge on any atom is -0.397 e. The van der Waals surface area contributed by atoms with Gasteiger partial charge in [-0.25, -0.2) is 0 Å². The molecule has 0 unspecified atom stereocenters. The van der Waals surface area contributed by atoms with Crippen molar-refractivity contribution in [3.05, 3.63) is 22.7 Å². The van der Waals surface area contributed by atoms with E-state index in [0.717, 1.165) is 22.4 Å². The third-order valence-electron chi connectivity index (χ3n) is 2.01. The topological polar surface area (TPSA) is 56.5 Å². The molecule has 0 aliphatic heterocycles. The molecule has 90 valence electrons. The van der Waals surface area contributed by atoms with Crippen molar-refractivity contribution in [1.29, 1.82) is 0 Å². The molecular formula is C11H17BrN2O2. The number of ether oxygens (including phenoxy) is 2. The van der Waals surface area contributed by atoms with Crippen LogP contribution in [0.3, 0.4) is 0 Å². The van der Waals surface area contributed by atoms with E-state index in [2.05, 4.69) is 21.2 Å². The van der Waals surface area contributed by atoms with E-state index in [0.29, 0.717) is 19.8 Å². The normalized spacial score (nSPS) is 10.4. The van der Waals surface area contributed by atoms with Crippen LogP contribution in [0.2, 0.25) is 0 Å². The third kappa shape index (κ3) is 4.83. The van der Waals surface area contributed by atoms with Gasteiger partial charge in [0.1, 0.15) is 0 Å². The summed E-state index contributed by atoms with van der Waals surface area (Å²) in [7, 11) is 1.66. The lowest BCUT2D eigenvalue weighted by Crippen LogP contribution is -2.12. The summed E-state index contributed by atoms with van der Waals surface area (Å²) in [5.74, 6) is 0. The van der Waals surface area contributed by atoms with Gasteiger partial charge in [-0.05, 0) is 18.2 Å². The van der Waals surface area contributed by atoms with Gasteiger partial charge in [-0.15, -0.1) is 0 Å². The molecule has 0 aliphatic rings. The van der Waals surface area contributed by atoms with Gasteiger partial charge >= 0.3 is 0 Å². The Morgan fingerprint density at radius 3 is 2.81 bits per heavy atom. The zero-order valence-corrected chi connectivity index (χ0v) is 10.9. The number of anilines is 2. The number of nitrogens with one attached hydrogen (secondary N) is 1. The maximum atomic E-state index is 5.83. The van der Waals surface area contributed by atoms with Crippen LogP contribution in [-0.4, -0.2) is 33.5 Å². The second kappa shape index (κ2) is 7.49. The van der Waals surface area contributed by atoms with Crippen molar-refractivity contribution >= 4 is 27.3 Å². The highest BCUT2D eigenvalue weighted by molar-refractivity contribution is 9.10. The fourth-order valence-electron chi connectivity index (χ4n) is 1.20. The van der Waals surface area contributed by atoms with Gasteiger partial charge in [0.15, 0.2) is 0 Å². The Bertz CT molecular complexity index is 321. The quantitative estimate of drug-likeness (QED) is 0.596. The van der Waals surface area contributed by atoms with Gasteiger partial charge in [0.25, 0.3) is 0 Å². The fraction of sp³-hybridized carbons (Fsp3) is 0.455. The maximum Gasteiger partial charge on any atom is 0.0701 e. The molecule has 1 aromatic rings. The van der Waals surface area contributed by atoms with Crippen molar-refractivity contribution in [1.82, 2.24) is 0 Å².